The van der Waals surface area contributed by atoms with Gasteiger partial charge in [0.1, 0.15) is 0 Å². The van der Waals surface area contributed by atoms with E-state index in [0.29, 0.717) is 17.8 Å². The van der Waals surface area contributed by atoms with Gasteiger partial charge in [0.2, 0.25) is 0 Å². The Kier molecular flexibility index (Phi) is 4.35. The topological polar surface area (TPSA) is 81.1 Å². The van der Waals surface area contributed by atoms with Crippen LogP contribution in [-0.2, 0) is 0 Å². The van der Waals surface area contributed by atoms with E-state index >= 15 is 0 Å². The summed E-state index contributed by atoms with van der Waals surface area (Å²) in [7, 11) is 0. The lowest BCUT2D eigenvalue weighted by Gasteiger charge is -2.33. The van der Waals surface area contributed by atoms with E-state index in [1.54, 1.807) is 12.1 Å². The highest BCUT2D eigenvalue weighted by Gasteiger charge is 2.29. The first-order chi connectivity index (χ1) is 8.30. The number of amides is 1. The van der Waals surface area contributed by atoms with Crippen LogP contribution in [0.2, 0.25) is 0 Å². The van der Waals surface area contributed by atoms with Crippen LogP contribution >= 0.6 is 0 Å². The van der Waals surface area contributed by atoms with Crippen LogP contribution in [0.25, 0.3) is 0 Å². The lowest BCUT2D eigenvalue weighted by molar-refractivity contribution is 0.0882. The third kappa shape index (κ3) is 3.01. The van der Waals surface area contributed by atoms with E-state index in [4.69, 9.17) is 11.5 Å². The van der Waals surface area contributed by atoms with Gasteiger partial charge in [-0.2, -0.15) is 0 Å². The molecule has 0 aromatic heterocycles. The smallest absolute Gasteiger partial charge is 0.252 e. The van der Waals surface area contributed by atoms with Gasteiger partial charge in [0.25, 0.3) is 5.91 Å². The molecular formula is C14H23N3O. The second-order valence-corrected chi connectivity index (χ2v) is 5.30. The van der Waals surface area contributed by atoms with Crippen LogP contribution in [0.1, 0.15) is 36.7 Å². The Labute approximate surface area is 109 Å². The van der Waals surface area contributed by atoms with Crippen molar-refractivity contribution in [1.29, 1.82) is 0 Å². The summed E-state index contributed by atoms with van der Waals surface area (Å²) in [6, 6.07) is 5.33. The molecule has 1 aromatic carbocycles. The van der Waals surface area contributed by atoms with Crippen molar-refractivity contribution in [1.82, 2.24) is 5.32 Å². The fraction of sp³-hybridized carbons (Fsp3) is 0.500. The van der Waals surface area contributed by atoms with Gasteiger partial charge in [-0.25, -0.2) is 0 Å². The molecule has 4 heteroatoms. The molecule has 5 N–H and O–H groups in total. The third-order valence-corrected chi connectivity index (χ3v) is 3.60. The molecule has 0 radical (unpaired) electrons. The van der Waals surface area contributed by atoms with Crippen LogP contribution < -0.4 is 16.8 Å². The van der Waals surface area contributed by atoms with E-state index in [9.17, 15) is 4.79 Å². The van der Waals surface area contributed by atoms with Gasteiger partial charge in [-0.05, 0) is 37.5 Å². The molecule has 0 fully saturated rings. The normalized spacial score (nSPS) is 14.3. The Hall–Kier alpha value is -1.55. The minimum absolute atomic E-state index is 0.124. The molecule has 0 saturated carbocycles. The number of hydrogen-bond acceptors (Lipinski definition) is 3. The Bertz CT molecular complexity index is 443. The summed E-state index contributed by atoms with van der Waals surface area (Å²) in [6.07, 6.45) is 0. The Balaban J connectivity index is 2.98. The zero-order chi connectivity index (χ0) is 13.9. The van der Waals surface area contributed by atoms with Gasteiger partial charge in [-0.3, -0.25) is 4.79 Å². The van der Waals surface area contributed by atoms with Gasteiger partial charge in [-0.1, -0.05) is 19.9 Å². The van der Waals surface area contributed by atoms with Crippen LogP contribution in [0.5, 0.6) is 0 Å². The minimum atomic E-state index is -0.409. The maximum atomic E-state index is 12.3. The van der Waals surface area contributed by atoms with Gasteiger partial charge in [0.05, 0.1) is 5.54 Å². The van der Waals surface area contributed by atoms with Gasteiger partial charge in [-0.15, -0.1) is 0 Å². The number of anilines is 1. The van der Waals surface area contributed by atoms with E-state index in [2.05, 4.69) is 5.32 Å². The molecular weight excluding hydrogens is 226 g/mol. The third-order valence-electron chi connectivity index (χ3n) is 3.60. The van der Waals surface area contributed by atoms with Gasteiger partial charge >= 0.3 is 0 Å². The van der Waals surface area contributed by atoms with Crippen LogP contribution in [0.3, 0.4) is 0 Å². The number of carbonyl (C=O) groups excluding carboxylic acids is 1. The number of nitrogens with one attached hydrogen (secondary N) is 1. The number of carbonyl (C=O) groups is 1. The average Bonchev–Trinajstić information content (AvgIpc) is 2.31. The highest BCUT2D eigenvalue weighted by atomic mass is 16.1. The monoisotopic (exact) mass is 249 g/mol. The van der Waals surface area contributed by atoms with Crippen LogP contribution in [0.4, 0.5) is 5.69 Å². The molecule has 0 aliphatic heterocycles. The second-order valence-electron chi connectivity index (χ2n) is 5.30. The number of aryl methyl sites for hydroxylation is 1. The largest absolute Gasteiger partial charge is 0.399 e. The van der Waals surface area contributed by atoms with Crippen molar-refractivity contribution in [3.8, 4) is 0 Å². The Morgan fingerprint density at radius 2 is 2.06 bits per heavy atom. The lowest BCUT2D eigenvalue weighted by atomic mass is 9.88. The molecule has 18 heavy (non-hydrogen) atoms. The van der Waals surface area contributed by atoms with Gasteiger partial charge < -0.3 is 16.8 Å². The quantitative estimate of drug-likeness (QED) is 0.710. The lowest BCUT2D eigenvalue weighted by Crippen LogP contribution is -2.55. The summed E-state index contributed by atoms with van der Waals surface area (Å²) < 4.78 is 0. The molecule has 0 aliphatic carbocycles. The van der Waals surface area contributed by atoms with E-state index < -0.39 is 5.54 Å². The van der Waals surface area contributed by atoms with Crippen molar-refractivity contribution in [3.05, 3.63) is 29.3 Å². The predicted octanol–water partition coefficient (Wildman–Crippen LogP) is 1.68. The van der Waals surface area contributed by atoms with Crippen LogP contribution in [-0.4, -0.2) is 18.0 Å². The standard InChI is InChI=1S/C14H23N3O/c1-9(2)14(4,8-15)17-13(18)12-7-11(16)6-5-10(12)3/h5-7,9H,8,15-16H2,1-4H3,(H,17,18). The highest BCUT2D eigenvalue weighted by Crippen LogP contribution is 2.18. The number of benzene rings is 1. The number of hydrogen-bond donors (Lipinski definition) is 3. The molecule has 1 aromatic rings. The fourth-order valence-corrected chi connectivity index (χ4v) is 1.64. The molecule has 1 atom stereocenters. The van der Waals surface area contributed by atoms with Gasteiger partial charge in [0.15, 0.2) is 0 Å². The first-order valence-electron chi connectivity index (χ1n) is 6.19. The molecule has 0 aliphatic rings. The van der Waals surface area contributed by atoms with Crippen molar-refractivity contribution >= 4 is 11.6 Å². The molecule has 0 bridgehead atoms. The van der Waals surface area contributed by atoms with Crippen molar-refractivity contribution in [3.63, 3.8) is 0 Å². The average molecular weight is 249 g/mol. The number of nitrogen functional groups attached to an aromatic ring is 1. The fourth-order valence-electron chi connectivity index (χ4n) is 1.64. The summed E-state index contributed by atoms with van der Waals surface area (Å²) in [4.78, 5) is 12.3. The molecule has 0 saturated heterocycles. The number of nitrogens with two attached hydrogens (primary N) is 2. The minimum Gasteiger partial charge on any atom is -0.399 e. The Morgan fingerprint density at radius 1 is 1.44 bits per heavy atom. The van der Waals surface area contributed by atoms with E-state index in [-0.39, 0.29) is 11.8 Å². The number of rotatable bonds is 4. The van der Waals surface area contributed by atoms with Crippen molar-refractivity contribution in [2.75, 3.05) is 12.3 Å². The summed E-state index contributed by atoms with van der Waals surface area (Å²) in [6.45, 7) is 8.33. The maximum absolute atomic E-state index is 12.3. The molecule has 1 amide bonds. The molecule has 100 valence electrons. The maximum Gasteiger partial charge on any atom is 0.252 e. The van der Waals surface area contributed by atoms with Gasteiger partial charge in [0, 0.05) is 17.8 Å². The zero-order valence-electron chi connectivity index (χ0n) is 11.6. The molecule has 1 unspecified atom stereocenters. The SMILES string of the molecule is Cc1ccc(N)cc1C(=O)NC(C)(CN)C(C)C. The predicted molar refractivity (Wildman–Crippen MR) is 75.4 cm³/mol. The first kappa shape index (κ1) is 14.5. The summed E-state index contributed by atoms with van der Waals surface area (Å²) in [5, 5.41) is 3.01. The zero-order valence-corrected chi connectivity index (χ0v) is 11.6. The molecule has 1 rings (SSSR count). The van der Waals surface area contributed by atoms with Crippen molar-refractivity contribution < 1.29 is 4.79 Å². The van der Waals surface area contributed by atoms with E-state index in [1.165, 1.54) is 0 Å². The van der Waals surface area contributed by atoms with Crippen LogP contribution in [0.15, 0.2) is 18.2 Å². The highest BCUT2D eigenvalue weighted by molar-refractivity contribution is 5.97. The van der Waals surface area contributed by atoms with E-state index in [1.807, 2.05) is 33.8 Å². The summed E-state index contributed by atoms with van der Waals surface area (Å²) in [5.41, 5.74) is 13.2. The molecule has 4 nitrogen and oxygen atoms in total. The van der Waals surface area contributed by atoms with Crippen LogP contribution in [0, 0.1) is 12.8 Å². The molecule has 0 heterocycles. The molecule has 0 spiro atoms. The summed E-state index contributed by atoms with van der Waals surface area (Å²) >= 11 is 0. The Morgan fingerprint density at radius 3 is 2.56 bits per heavy atom. The first-order valence-corrected chi connectivity index (χ1v) is 6.19. The van der Waals surface area contributed by atoms with E-state index in [0.717, 1.165) is 5.56 Å². The second kappa shape index (κ2) is 5.40. The summed E-state index contributed by atoms with van der Waals surface area (Å²) in [5.74, 6) is 0.134. The van der Waals surface area contributed by atoms with Crippen molar-refractivity contribution in [2.45, 2.75) is 33.2 Å². The van der Waals surface area contributed by atoms with Crippen molar-refractivity contribution in [2.24, 2.45) is 11.7 Å².